The number of halogens is 1. The van der Waals surface area contributed by atoms with Gasteiger partial charge in [-0.25, -0.2) is 0 Å². The zero-order chi connectivity index (χ0) is 20.6. The Bertz CT molecular complexity index is 995. The van der Waals surface area contributed by atoms with Crippen LogP contribution in [0.2, 0.25) is 0 Å². The second-order valence-corrected chi connectivity index (χ2v) is 7.40. The fraction of sp³-hybridized carbons (Fsp3) is 0.0909. The van der Waals surface area contributed by atoms with E-state index in [0.717, 1.165) is 21.5 Å². The van der Waals surface area contributed by atoms with Gasteiger partial charge in [-0.3, -0.25) is 10.1 Å². The van der Waals surface area contributed by atoms with E-state index in [-0.39, 0.29) is 17.6 Å². The summed E-state index contributed by atoms with van der Waals surface area (Å²) in [4.78, 5) is 12.0. The second kappa shape index (κ2) is 10.0. The molecule has 0 atom stereocenters. The first-order valence-electron chi connectivity index (χ1n) is 8.82. The summed E-state index contributed by atoms with van der Waals surface area (Å²) in [7, 11) is 0. The molecule has 0 fully saturated rings. The van der Waals surface area contributed by atoms with Crippen molar-refractivity contribution in [3.05, 3.63) is 82.8 Å². The molecule has 0 aliphatic carbocycles. The van der Waals surface area contributed by atoms with Gasteiger partial charge in [0.15, 0.2) is 11.7 Å². The number of hydrogen-bond donors (Lipinski definition) is 2. The van der Waals surface area contributed by atoms with Crippen LogP contribution in [0.4, 0.5) is 5.69 Å². The Morgan fingerprint density at radius 2 is 1.62 bits per heavy atom. The predicted molar refractivity (Wildman–Crippen MR) is 122 cm³/mol. The molecule has 0 heterocycles. The van der Waals surface area contributed by atoms with Crippen LogP contribution in [0.5, 0.6) is 17.2 Å². The Labute approximate surface area is 183 Å². The normalized spacial score (nSPS) is 10.1. The predicted octanol–water partition coefficient (Wildman–Crippen LogP) is 5.44. The van der Waals surface area contributed by atoms with Gasteiger partial charge in [-0.1, -0.05) is 34.1 Å². The highest BCUT2D eigenvalue weighted by atomic mass is 79.9. The van der Waals surface area contributed by atoms with E-state index in [1.54, 1.807) is 6.07 Å². The van der Waals surface area contributed by atoms with Crippen LogP contribution in [0.25, 0.3) is 0 Å². The van der Waals surface area contributed by atoms with Gasteiger partial charge in [0.25, 0.3) is 5.91 Å². The van der Waals surface area contributed by atoms with E-state index < -0.39 is 0 Å². The lowest BCUT2D eigenvalue weighted by Gasteiger charge is -2.11. The number of ether oxygens (including phenoxy) is 2. The molecular weight excluding hydrogens is 452 g/mol. The molecule has 7 heteroatoms. The fourth-order valence-corrected chi connectivity index (χ4v) is 2.89. The number of carbonyl (C=O) groups is 1. The number of amides is 1. The minimum atomic E-state index is -0.341. The van der Waals surface area contributed by atoms with Crippen molar-refractivity contribution in [2.75, 3.05) is 11.9 Å². The van der Waals surface area contributed by atoms with Crippen molar-refractivity contribution >= 4 is 44.9 Å². The van der Waals surface area contributed by atoms with Crippen molar-refractivity contribution in [1.82, 2.24) is 5.32 Å². The summed E-state index contributed by atoms with van der Waals surface area (Å²) in [6.45, 7) is 1.82. The van der Waals surface area contributed by atoms with Crippen LogP contribution in [0.15, 0.2) is 77.3 Å². The monoisotopic (exact) mass is 470 g/mol. The number of nitrogens with one attached hydrogen (secondary N) is 2. The van der Waals surface area contributed by atoms with E-state index in [1.807, 2.05) is 73.7 Å². The van der Waals surface area contributed by atoms with Crippen molar-refractivity contribution in [3.8, 4) is 17.2 Å². The topological polar surface area (TPSA) is 59.6 Å². The number of hydrogen-bond acceptors (Lipinski definition) is 4. The molecule has 148 valence electrons. The van der Waals surface area contributed by atoms with Crippen LogP contribution in [-0.4, -0.2) is 17.6 Å². The van der Waals surface area contributed by atoms with Crippen molar-refractivity contribution in [3.63, 3.8) is 0 Å². The van der Waals surface area contributed by atoms with Crippen LogP contribution >= 0.6 is 28.1 Å². The van der Waals surface area contributed by atoms with Gasteiger partial charge in [-0.15, -0.1) is 0 Å². The second-order valence-electron chi connectivity index (χ2n) is 6.14. The third kappa shape index (κ3) is 6.58. The van der Waals surface area contributed by atoms with Crippen LogP contribution in [0.1, 0.15) is 5.56 Å². The van der Waals surface area contributed by atoms with E-state index in [1.165, 1.54) is 0 Å². The summed E-state index contributed by atoms with van der Waals surface area (Å²) >= 11 is 8.61. The molecule has 3 aromatic carbocycles. The molecule has 5 nitrogen and oxygen atoms in total. The van der Waals surface area contributed by atoms with Gasteiger partial charge in [-0.2, -0.15) is 0 Å². The average molecular weight is 471 g/mol. The number of anilines is 1. The van der Waals surface area contributed by atoms with E-state index in [0.29, 0.717) is 11.5 Å². The molecule has 0 aromatic heterocycles. The summed E-state index contributed by atoms with van der Waals surface area (Å²) in [6, 6.07) is 22.3. The molecular formula is C22H19BrN2O3S. The highest BCUT2D eigenvalue weighted by Gasteiger charge is 2.07. The van der Waals surface area contributed by atoms with Crippen LogP contribution in [0, 0.1) is 6.92 Å². The molecule has 3 rings (SSSR count). The molecule has 0 radical (unpaired) electrons. The Morgan fingerprint density at radius 3 is 2.31 bits per heavy atom. The van der Waals surface area contributed by atoms with Gasteiger partial charge < -0.3 is 14.8 Å². The van der Waals surface area contributed by atoms with Gasteiger partial charge in [0.1, 0.15) is 17.2 Å². The third-order valence-corrected chi connectivity index (χ3v) is 4.94. The first kappa shape index (κ1) is 20.8. The minimum Gasteiger partial charge on any atom is -0.484 e. The lowest BCUT2D eigenvalue weighted by atomic mass is 10.2. The molecule has 0 spiro atoms. The smallest absolute Gasteiger partial charge is 0.264 e. The molecule has 0 aliphatic heterocycles. The van der Waals surface area contributed by atoms with Gasteiger partial charge in [-0.05, 0) is 79.3 Å². The lowest BCUT2D eigenvalue weighted by Crippen LogP contribution is -2.37. The number of benzene rings is 3. The Morgan fingerprint density at radius 1 is 0.966 bits per heavy atom. The molecule has 0 saturated carbocycles. The van der Waals surface area contributed by atoms with Crippen LogP contribution in [0.3, 0.4) is 0 Å². The molecule has 0 aliphatic rings. The summed E-state index contributed by atoms with van der Waals surface area (Å²) in [5.74, 6) is 1.74. The minimum absolute atomic E-state index is 0.132. The Kier molecular flexibility index (Phi) is 7.21. The molecule has 0 bridgehead atoms. The number of thiocarbonyl (C=S) groups is 1. The van der Waals surface area contributed by atoms with E-state index in [4.69, 9.17) is 21.7 Å². The van der Waals surface area contributed by atoms with Gasteiger partial charge in [0, 0.05) is 10.2 Å². The molecule has 3 aromatic rings. The number of rotatable bonds is 6. The third-order valence-electron chi connectivity index (χ3n) is 3.84. The van der Waals surface area contributed by atoms with E-state index >= 15 is 0 Å². The van der Waals surface area contributed by atoms with Crippen molar-refractivity contribution in [2.24, 2.45) is 0 Å². The summed E-state index contributed by atoms with van der Waals surface area (Å²) in [6.07, 6.45) is 0. The van der Waals surface area contributed by atoms with Gasteiger partial charge in [0.2, 0.25) is 0 Å². The highest BCUT2D eigenvalue weighted by molar-refractivity contribution is 9.10. The average Bonchev–Trinajstić information content (AvgIpc) is 2.71. The first-order chi connectivity index (χ1) is 14.0. The summed E-state index contributed by atoms with van der Waals surface area (Å²) < 4.78 is 12.2. The maximum Gasteiger partial charge on any atom is 0.264 e. The molecule has 2 N–H and O–H groups in total. The SMILES string of the molecule is Cc1cc(OCC(=O)NC(=S)Nc2ccc(Oc3ccccc3)cc2)ccc1Br. The largest absolute Gasteiger partial charge is 0.484 e. The number of para-hydroxylation sites is 1. The summed E-state index contributed by atoms with van der Waals surface area (Å²) in [5.41, 5.74) is 1.76. The van der Waals surface area contributed by atoms with Crippen molar-refractivity contribution in [2.45, 2.75) is 6.92 Å². The molecule has 1 amide bonds. The Hall–Kier alpha value is -2.90. The molecule has 29 heavy (non-hydrogen) atoms. The lowest BCUT2D eigenvalue weighted by molar-refractivity contribution is -0.121. The first-order valence-corrected chi connectivity index (χ1v) is 10.0. The highest BCUT2D eigenvalue weighted by Crippen LogP contribution is 2.23. The number of carbonyl (C=O) groups excluding carboxylic acids is 1. The zero-order valence-corrected chi connectivity index (χ0v) is 18.0. The summed E-state index contributed by atoms with van der Waals surface area (Å²) in [5, 5.41) is 5.75. The van der Waals surface area contributed by atoms with Crippen LogP contribution in [-0.2, 0) is 4.79 Å². The van der Waals surface area contributed by atoms with Crippen molar-refractivity contribution in [1.29, 1.82) is 0 Å². The molecule has 0 saturated heterocycles. The van der Waals surface area contributed by atoms with Crippen molar-refractivity contribution < 1.29 is 14.3 Å². The van der Waals surface area contributed by atoms with Gasteiger partial charge >= 0.3 is 0 Å². The standard InChI is InChI=1S/C22H19BrN2O3S/c1-15-13-19(11-12-20(15)23)27-14-21(26)25-22(29)24-16-7-9-18(10-8-16)28-17-5-3-2-4-6-17/h2-13H,14H2,1H3,(H2,24,25,26,29). The van der Waals surface area contributed by atoms with Gasteiger partial charge in [0.05, 0.1) is 0 Å². The Balaban J connectivity index is 1.45. The zero-order valence-electron chi connectivity index (χ0n) is 15.6. The van der Waals surface area contributed by atoms with Crippen LogP contribution < -0.4 is 20.1 Å². The molecule has 0 unspecified atom stereocenters. The quantitative estimate of drug-likeness (QED) is 0.469. The number of aryl methyl sites for hydroxylation is 1. The maximum absolute atomic E-state index is 12.0. The fourth-order valence-electron chi connectivity index (χ4n) is 2.41. The van der Waals surface area contributed by atoms with E-state index in [2.05, 4.69) is 26.6 Å². The van der Waals surface area contributed by atoms with E-state index in [9.17, 15) is 4.79 Å². The maximum atomic E-state index is 12.0.